The summed E-state index contributed by atoms with van der Waals surface area (Å²) in [6.45, 7) is 8.94. The van der Waals surface area contributed by atoms with Crippen molar-refractivity contribution in [1.82, 2.24) is 14.8 Å². The molecule has 2 rings (SSSR count). The number of nitrogens with one attached hydrogen (secondary N) is 1. The van der Waals surface area contributed by atoms with E-state index < -0.39 is 0 Å². The van der Waals surface area contributed by atoms with Gasteiger partial charge in [-0.3, -0.25) is 4.79 Å². The third kappa shape index (κ3) is 4.48. The van der Waals surface area contributed by atoms with Gasteiger partial charge < -0.3 is 9.88 Å². The van der Waals surface area contributed by atoms with Crippen molar-refractivity contribution in [3.05, 3.63) is 34.6 Å². The van der Waals surface area contributed by atoms with Gasteiger partial charge in [-0.25, -0.2) is 0 Å². The maximum atomic E-state index is 12.2. The molecule has 0 atom stereocenters. The predicted molar refractivity (Wildman–Crippen MR) is 95.3 cm³/mol. The zero-order valence-corrected chi connectivity index (χ0v) is 15.3. The highest BCUT2D eigenvalue weighted by atomic mass is 35.5. The number of amides is 1. The van der Waals surface area contributed by atoms with Crippen molar-refractivity contribution in [2.24, 2.45) is 0 Å². The summed E-state index contributed by atoms with van der Waals surface area (Å²) in [5.41, 5.74) is 1.72. The van der Waals surface area contributed by atoms with Crippen LogP contribution in [-0.4, -0.2) is 26.4 Å². The minimum atomic E-state index is -0.0860. The monoisotopic (exact) mass is 352 g/mol. The molecule has 0 saturated heterocycles. The first kappa shape index (κ1) is 17.8. The largest absolute Gasteiger partial charge is 0.325 e. The molecule has 1 heterocycles. The van der Waals surface area contributed by atoms with Crippen LogP contribution in [0.4, 0.5) is 5.69 Å². The molecule has 5 nitrogen and oxygen atoms in total. The Hall–Kier alpha value is -1.53. The Kier molecular flexibility index (Phi) is 6.07. The van der Waals surface area contributed by atoms with Crippen molar-refractivity contribution in [2.75, 3.05) is 11.1 Å². The fourth-order valence-electron chi connectivity index (χ4n) is 2.18. The Morgan fingerprint density at radius 1 is 1.39 bits per heavy atom. The van der Waals surface area contributed by atoms with E-state index in [2.05, 4.69) is 36.3 Å². The number of aromatic nitrogens is 3. The van der Waals surface area contributed by atoms with Crippen LogP contribution in [0.5, 0.6) is 0 Å². The Morgan fingerprint density at radius 2 is 2.13 bits per heavy atom. The van der Waals surface area contributed by atoms with Crippen LogP contribution in [0.15, 0.2) is 23.4 Å². The topological polar surface area (TPSA) is 59.8 Å². The zero-order chi connectivity index (χ0) is 17.0. The zero-order valence-electron chi connectivity index (χ0n) is 13.8. The lowest BCUT2D eigenvalue weighted by Crippen LogP contribution is -2.15. The number of aryl methyl sites for hydroxylation is 1. The summed E-state index contributed by atoms with van der Waals surface area (Å²) in [6.07, 6.45) is 0. The molecule has 0 aliphatic carbocycles. The van der Waals surface area contributed by atoms with E-state index in [0.29, 0.717) is 10.9 Å². The third-order valence-electron chi connectivity index (χ3n) is 3.38. The van der Waals surface area contributed by atoms with Gasteiger partial charge in [0.1, 0.15) is 5.82 Å². The summed E-state index contributed by atoms with van der Waals surface area (Å²) in [5.74, 6) is 1.44. The minimum Gasteiger partial charge on any atom is -0.325 e. The second-order valence-corrected chi connectivity index (χ2v) is 6.91. The summed E-state index contributed by atoms with van der Waals surface area (Å²) in [7, 11) is 0. The van der Waals surface area contributed by atoms with E-state index in [1.807, 2.05) is 17.6 Å². The summed E-state index contributed by atoms with van der Waals surface area (Å²) < 4.78 is 2.05. The molecular weight excluding hydrogens is 332 g/mol. The molecule has 7 heteroatoms. The molecule has 1 amide bonds. The fourth-order valence-corrected chi connectivity index (χ4v) is 3.16. The Morgan fingerprint density at radius 3 is 2.78 bits per heavy atom. The number of benzene rings is 1. The van der Waals surface area contributed by atoms with Gasteiger partial charge in [-0.1, -0.05) is 43.3 Å². The van der Waals surface area contributed by atoms with Crippen molar-refractivity contribution in [2.45, 2.75) is 45.3 Å². The second kappa shape index (κ2) is 7.84. The highest BCUT2D eigenvalue weighted by Crippen LogP contribution is 2.23. The van der Waals surface area contributed by atoms with Crippen molar-refractivity contribution in [3.63, 3.8) is 0 Å². The molecule has 1 N–H and O–H groups in total. The van der Waals surface area contributed by atoms with Gasteiger partial charge in [0.15, 0.2) is 5.16 Å². The molecule has 0 aliphatic heterocycles. The average molecular weight is 353 g/mol. The van der Waals surface area contributed by atoms with E-state index in [1.54, 1.807) is 12.1 Å². The summed E-state index contributed by atoms with van der Waals surface area (Å²) in [5, 5.41) is 12.7. The lowest BCUT2D eigenvalue weighted by atomic mass is 10.2. The first-order chi connectivity index (χ1) is 10.9. The van der Waals surface area contributed by atoms with Gasteiger partial charge >= 0.3 is 0 Å². The van der Waals surface area contributed by atoms with Crippen LogP contribution in [0, 0.1) is 6.92 Å². The van der Waals surface area contributed by atoms with Crippen LogP contribution in [0.3, 0.4) is 0 Å². The number of thioether (sulfide) groups is 1. The molecule has 23 heavy (non-hydrogen) atoms. The second-order valence-electron chi connectivity index (χ2n) is 5.54. The lowest BCUT2D eigenvalue weighted by molar-refractivity contribution is -0.113. The van der Waals surface area contributed by atoms with Crippen molar-refractivity contribution in [3.8, 4) is 0 Å². The quantitative estimate of drug-likeness (QED) is 0.794. The van der Waals surface area contributed by atoms with E-state index >= 15 is 0 Å². The molecule has 0 saturated carbocycles. The van der Waals surface area contributed by atoms with Crippen molar-refractivity contribution < 1.29 is 4.79 Å². The van der Waals surface area contributed by atoms with Gasteiger partial charge in [0.05, 0.1) is 5.75 Å². The highest BCUT2D eigenvalue weighted by molar-refractivity contribution is 7.99. The normalized spacial score (nSPS) is 11.0. The van der Waals surface area contributed by atoms with Crippen LogP contribution in [0.2, 0.25) is 5.02 Å². The van der Waals surface area contributed by atoms with Gasteiger partial charge in [-0.15, -0.1) is 10.2 Å². The fraction of sp³-hybridized carbons (Fsp3) is 0.438. The molecule has 0 aliphatic rings. The maximum Gasteiger partial charge on any atom is 0.234 e. The molecule has 124 valence electrons. The molecule has 0 spiro atoms. The molecule has 0 radical (unpaired) electrons. The first-order valence-corrected chi connectivity index (χ1v) is 8.90. The summed E-state index contributed by atoms with van der Waals surface area (Å²) >= 11 is 7.36. The van der Waals surface area contributed by atoms with Crippen LogP contribution in [-0.2, 0) is 11.3 Å². The third-order valence-corrected chi connectivity index (χ3v) is 4.59. The van der Waals surface area contributed by atoms with Gasteiger partial charge in [0.25, 0.3) is 0 Å². The average Bonchev–Trinajstić information content (AvgIpc) is 2.92. The molecule has 2 aromatic rings. The molecular formula is C16H21ClN4OS. The Balaban J connectivity index is 2.01. The van der Waals surface area contributed by atoms with E-state index in [9.17, 15) is 4.79 Å². The molecule has 0 bridgehead atoms. The number of hydrogen-bond donors (Lipinski definition) is 1. The van der Waals surface area contributed by atoms with E-state index in [4.69, 9.17) is 11.6 Å². The summed E-state index contributed by atoms with van der Waals surface area (Å²) in [6, 6.07) is 5.44. The number of carbonyl (C=O) groups excluding carboxylic acids is 1. The molecule has 0 unspecified atom stereocenters. The highest BCUT2D eigenvalue weighted by Gasteiger charge is 2.15. The van der Waals surface area contributed by atoms with Crippen LogP contribution >= 0.6 is 23.4 Å². The number of halogens is 1. The standard InChI is InChI=1S/C16H21ClN4OS/c1-5-21-15(10(2)3)19-20-16(21)23-9-14(22)18-13-8-12(17)7-6-11(13)4/h6-8,10H,5,9H2,1-4H3,(H,18,22). The number of nitrogens with zero attached hydrogens (tertiary/aromatic N) is 3. The van der Waals surface area contributed by atoms with E-state index in [1.165, 1.54) is 11.8 Å². The number of anilines is 1. The van der Waals surface area contributed by atoms with Gasteiger partial charge in [-0.05, 0) is 31.5 Å². The lowest BCUT2D eigenvalue weighted by Gasteiger charge is -2.10. The van der Waals surface area contributed by atoms with Crippen molar-refractivity contribution in [1.29, 1.82) is 0 Å². The molecule has 1 aromatic carbocycles. The van der Waals surface area contributed by atoms with Crippen LogP contribution in [0.25, 0.3) is 0 Å². The minimum absolute atomic E-state index is 0.0860. The van der Waals surface area contributed by atoms with Gasteiger partial charge in [0.2, 0.25) is 5.91 Å². The maximum absolute atomic E-state index is 12.2. The van der Waals surface area contributed by atoms with Gasteiger partial charge in [0, 0.05) is 23.2 Å². The summed E-state index contributed by atoms with van der Waals surface area (Å²) in [4.78, 5) is 12.2. The molecule has 0 fully saturated rings. The van der Waals surface area contributed by atoms with Crippen LogP contribution < -0.4 is 5.32 Å². The van der Waals surface area contributed by atoms with Crippen LogP contribution in [0.1, 0.15) is 38.1 Å². The number of rotatable bonds is 6. The Bertz CT molecular complexity index is 699. The van der Waals surface area contributed by atoms with Crippen molar-refractivity contribution >= 4 is 35.0 Å². The molecule has 1 aromatic heterocycles. The SMILES string of the molecule is CCn1c(SCC(=O)Nc2cc(Cl)ccc2C)nnc1C(C)C. The first-order valence-electron chi connectivity index (χ1n) is 7.54. The van der Waals surface area contributed by atoms with Gasteiger partial charge in [-0.2, -0.15) is 0 Å². The van der Waals surface area contributed by atoms with E-state index in [-0.39, 0.29) is 11.7 Å². The van der Waals surface area contributed by atoms with E-state index in [0.717, 1.165) is 28.8 Å². The number of carbonyl (C=O) groups is 1. The number of hydrogen-bond acceptors (Lipinski definition) is 4. The Labute approximate surface area is 145 Å². The smallest absolute Gasteiger partial charge is 0.234 e. The predicted octanol–water partition coefficient (Wildman–Crippen LogP) is 4.11.